The van der Waals surface area contributed by atoms with E-state index in [1.807, 2.05) is 19.1 Å². The summed E-state index contributed by atoms with van der Waals surface area (Å²) in [5.74, 6) is 1.74. The monoisotopic (exact) mass is 402 g/mol. The summed E-state index contributed by atoms with van der Waals surface area (Å²) in [5, 5.41) is 7.13. The number of nitrogens with one attached hydrogen (secondary N) is 2. The van der Waals surface area contributed by atoms with Gasteiger partial charge in [-0.15, -0.1) is 12.4 Å². The van der Waals surface area contributed by atoms with Crippen LogP contribution in [0.15, 0.2) is 12.1 Å². The molecule has 0 spiro atoms. The average Bonchev–Trinajstić information content (AvgIpc) is 2.93. The zero-order chi connectivity index (χ0) is 17.8. The highest BCUT2D eigenvalue weighted by atomic mass is 35.5. The van der Waals surface area contributed by atoms with Crippen molar-refractivity contribution in [3.05, 3.63) is 22.7 Å². The first-order valence-corrected chi connectivity index (χ1v) is 9.48. The summed E-state index contributed by atoms with van der Waals surface area (Å²) in [6, 6.07) is 4.92. The molecule has 2 unspecified atom stereocenters. The molecule has 2 aliphatic heterocycles. The summed E-state index contributed by atoms with van der Waals surface area (Å²) in [4.78, 5) is 12.3. The van der Waals surface area contributed by atoms with Gasteiger partial charge >= 0.3 is 0 Å². The van der Waals surface area contributed by atoms with Crippen molar-refractivity contribution >= 4 is 29.9 Å². The van der Waals surface area contributed by atoms with Gasteiger partial charge in [-0.1, -0.05) is 11.6 Å². The predicted octanol–water partition coefficient (Wildman–Crippen LogP) is 3.71. The van der Waals surface area contributed by atoms with Crippen LogP contribution in [0.25, 0.3) is 0 Å². The van der Waals surface area contributed by atoms with E-state index in [0.29, 0.717) is 54.1 Å². The summed E-state index contributed by atoms with van der Waals surface area (Å²) >= 11 is 6.28. The molecule has 3 rings (SSSR count). The number of benzene rings is 1. The molecule has 2 saturated heterocycles. The molecule has 0 saturated carbocycles. The first-order chi connectivity index (χ1) is 12.1. The Morgan fingerprint density at radius 3 is 2.62 bits per heavy atom. The fourth-order valence-corrected chi connectivity index (χ4v) is 4.32. The number of hydrogen-bond donors (Lipinski definition) is 2. The lowest BCUT2D eigenvalue weighted by Gasteiger charge is -2.28. The van der Waals surface area contributed by atoms with E-state index >= 15 is 0 Å². The molecule has 7 heteroatoms. The summed E-state index contributed by atoms with van der Waals surface area (Å²) in [7, 11) is 1.59. The number of carbonyl (C=O) groups is 1. The fourth-order valence-electron chi connectivity index (χ4n) is 4.04. The minimum atomic E-state index is 0. The molecule has 5 nitrogen and oxygen atoms in total. The van der Waals surface area contributed by atoms with Gasteiger partial charge in [-0.05, 0) is 56.2 Å². The molecule has 2 bridgehead atoms. The number of hydrogen-bond acceptors (Lipinski definition) is 4. The molecule has 1 aromatic carbocycles. The van der Waals surface area contributed by atoms with Crippen molar-refractivity contribution in [3.8, 4) is 11.5 Å². The van der Waals surface area contributed by atoms with Crippen LogP contribution >= 0.6 is 24.0 Å². The maximum absolute atomic E-state index is 12.3. The molecule has 146 valence electrons. The molecular formula is C19H28Cl2N2O3. The highest BCUT2D eigenvalue weighted by molar-refractivity contribution is 6.32. The van der Waals surface area contributed by atoms with E-state index in [1.54, 1.807) is 7.11 Å². The third kappa shape index (κ3) is 5.18. The van der Waals surface area contributed by atoms with Crippen LogP contribution < -0.4 is 20.1 Å². The Morgan fingerprint density at radius 1 is 1.31 bits per heavy atom. The standard InChI is InChI=1S/C19H27ClN2O3.ClH/c1-3-25-19-16(20)8-13(9-17(19)24-2)11-21-18(23)10-12-6-14-4-5-15(7-12)22-14;/h8-9,12,14-15,22H,3-7,10-11H2,1-2H3,(H,21,23);1H. The third-order valence-corrected chi connectivity index (χ3v) is 5.39. The Labute approximate surface area is 166 Å². The molecule has 0 radical (unpaired) electrons. The Balaban J connectivity index is 0.00000243. The van der Waals surface area contributed by atoms with Gasteiger partial charge in [0.2, 0.25) is 5.91 Å². The van der Waals surface area contributed by atoms with E-state index < -0.39 is 0 Å². The summed E-state index contributed by atoms with van der Waals surface area (Å²) in [5.41, 5.74) is 0.907. The summed E-state index contributed by atoms with van der Waals surface area (Å²) in [6.45, 7) is 2.86. The maximum Gasteiger partial charge on any atom is 0.220 e. The lowest BCUT2D eigenvalue weighted by atomic mass is 9.89. The fraction of sp³-hybridized carbons (Fsp3) is 0.632. The second-order valence-electron chi connectivity index (χ2n) is 7.00. The van der Waals surface area contributed by atoms with E-state index in [4.69, 9.17) is 21.1 Å². The van der Waals surface area contributed by atoms with Crippen LogP contribution in [0.4, 0.5) is 0 Å². The van der Waals surface area contributed by atoms with Gasteiger partial charge in [-0.2, -0.15) is 0 Å². The Hall–Kier alpha value is -1.17. The van der Waals surface area contributed by atoms with Gasteiger partial charge < -0.3 is 20.1 Å². The Kier molecular flexibility index (Phi) is 7.86. The lowest BCUT2D eigenvalue weighted by Crippen LogP contribution is -2.39. The van der Waals surface area contributed by atoms with Gasteiger partial charge in [0.25, 0.3) is 0 Å². The molecule has 26 heavy (non-hydrogen) atoms. The SMILES string of the molecule is CCOc1c(Cl)cc(CNC(=O)CC2CC3CCC(C2)N3)cc1OC.Cl. The van der Waals surface area contributed by atoms with Gasteiger partial charge in [0.1, 0.15) is 0 Å². The number of amides is 1. The number of methoxy groups -OCH3 is 1. The number of carbonyl (C=O) groups excluding carboxylic acids is 1. The first kappa shape index (κ1) is 21.1. The first-order valence-electron chi connectivity index (χ1n) is 9.11. The highest BCUT2D eigenvalue weighted by Gasteiger charge is 2.34. The zero-order valence-electron chi connectivity index (χ0n) is 15.3. The van der Waals surface area contributed by atoms with Crippen molar-refractivity contribution in [2.24, 2.45) is 5.92 Å². The Morgan fingerprint density at radius 2 is 2.00 bits per heavy atom. The second kappa shape index (κ2) is 9.67. The molecular weight excluding hydrogens is 375 g/mol. The van der Waals surface area contributed by atoms with Crippen LogP contribution in [-0.4, -0.2) is 31.7 Å². The van der Waals surface area contributed by atoms with Crippen LogP contribution in [0.1, 0.15) is 44.6 Å². The molecule has 2 aliphatic rings. The van der Waals surface area contributed by atoms with Gasteiger partial charge in [-0.3, -0.25) is 4.79 Å². The third-order valence-electron chi connectivity index (χ3n) is 5.11. The van der Waals surface area contributed by atoms with Gasteiger partial charge in [-0.25, -0.2) is 0 Å². The van der Waals surface area contributed by atoms with Crippen LogP contribution in [0.5, 0.6) is 11.5 Å². The van der Waals surface area contributed by atoms with Crippen molar-refractivity contribution in [2.75, 3.05) is 13.7 Å². The van der Waals surface area contributed by atoms with Crippen LogP contribution in [0.3, 0.4) is 0 Å². The normalized spacial score (nSPS) is 23.9. The van der Waals surface area contributed by atoms with Crippen LogP contribution in [0.2, 0.25) is 5.02 Å². The Bertz CT molecular complexity index is 615. The number of piperidine rings is 1. The molecule has 0 aliphatic carbocycles. The number of rotatable bonds is 7. The van der Waals surface area contributed by atoms with E-state index in [0.717, 1.165) is 18.4 Å². The maximum atomic E-state index is 12.3. The van der Waals surface area contributed by atoms with E-state index in [2.05, 4.69) is 10.6 Å². The molecule has 2 atom stereocenters. The van der Waals surface area contributed by atoms with E-state index in [9.17, 15) is 4.79 Å². The average molecular weight is 403 g/mol. The largest absolute Gasteiger partial charge is 0.493 e. The molecule has 2 heterocycles. The number of fused-ring (bicyclic) bond motifs is 2. The van der Waals surface area contributed by atoms with Crippen molar-refractivity contribution in [1.82, 2.24) is 10.6 Å². The van der Waals surface area contributed by atoms with E-state index in [1.165, 1.54) is 12.8 Å². The van der Waals surface area contributed by atoms with Gasteiger partial charge in [0.05, 0.1) is 18.7 Å². The number of halogens is 2. The van der Waals surface area contributed by atoms with Crippen molar-refractivity contribution in [2.45, 2.75) is 57.7 Å². The molecule has 0 aromatic heterocycles. The van der Waals surface area contributed by atoms with Crippen molar-refractivity contribution < 1.29 is 14.3 Å². The molecule has 1 aromatic rings. The molecule has 2 N–H and O–H groups in total. The zero-order valence-corrected chi connectivity index (χ0v) is 16.9. The number of ether oxygens (including phenoxy) is 2. The van der Waals surface area contributed by atoms with Crippen molar-refractivity contribution in [3.63, 3.8) is 0 Å². The molecule has 1 amide bonds. The van der Waals surface area contributed by atoms with Gasteiger partial charge in [0.15, 0.2) is 11.5 Å². The summed E-state index contributed by atoms with van der Waals surface area (Å²) in [6.07, 6.45) is 5.36. The summed E-state index contributed by atoms with van der Waals surface area (Å²) < 4.78 is 10.9. The minimum Gasteiger partial charge on any atom is -0.493 e. The smallest absolute Gasteiger partial charge is 0.220 e. The molecule has 2 fully saturated rings. The topological polar surface area (TPSA) is 59.6 Å². The van der Waals surface area contributed by atoms with Crippen LogP contribution in [0, 0.1) is 5.92 Å². The van der Waals surface area contributed by atoms with Crippen LogP contribution in [-0.2, 0) is 11.3 Å². The second-order valence-corrected chi connectivity index (χ2v) is 7.41. The van der Waals surface area contributed by atoms with Crippen molar-refractivity contribution in [1.29, 1.82) is 0 Å². The predicted molar refractivity (Wildman–Crippen MR) is 106 cm³/mol. The quantitative estimate of drug-likeness (QED) is 0.729. The van der Waals surface area contributed by atoms with Gasteiger partial charge in [0, 0.05) is 25.0 Å². The lowest BCUT2D eigenvalue weighted by molar-refractivity contribution is -0.122. The minimum absolute atomic E-state index is 0. The highest BCUT2D eigenvalue weighted by Crippen LogP contribution is 2.36. The van der Waals surface area contributed by atoms with E-state index in [-0.39, 0.29) is 18.3 Å².